The number of hydrogen-bond acceptors (Lipinski definition) is 6. The molecular weight excluding hydrogens is 498 g/mol. The predicted molar refractivity (Wildman–Crippen MR) is 149 cm³/mol. The summed E-state index contributed by atoms with van der Waals surface area (Å²) in [4.78, 5) is 26.1. The second-order valence-electron chi connectivity index (χ2n) is 8.93. The molecule has 39 heavy (non-hydrogen) atoms. The lowest BCUT2D eigenvalue weighted by Gasteiger charge is -2.22. The number of rotatable bonds is 16. The number of para-hydroxylation sites is 2. The quantitative estimate of drug-likeness (QED) is 0.238. The summed E-state index contributed by atoms with van der Waals surface area (Å²) in [5.74, 6) is 0.494. The Bertz CT molecular complexity index is 1150. The molecule has 0 saturated carbocycles. The molecule has 8 nitrogen and oxygen atoms in total. The summed E-state index contributed by atoms with van der Waals surface area (Å²) in [6.45, 7) is 3.24. The lowest BCUT2D eigenvalue weighted by Crippen LogP contribution is -2.37. The lowest BCUT2D eigenvalue weighted by molar-refractivity contribution is -0.149. The summed E-state index contributed by atoms with van der Waals surface area (Å²) in [6.07, 6.45) is 1.61. The maximum atomic E-state index is 13.1. The fourth-order valence-corrected chi connectivity index (χ4v) is 4.06. The average Bonchev–Trinajstić information content (AvgIpc) is 2.95. The highest BCUT2D eigenvalue weighted by atomic mass is 16.6. The number of ether oxygens (including phenoxy) is 4. The van der Waals surface area contributed by atoms with E-state index in [1.165, 1.54) is 12.7 Å². The Labute approximate surface area is 230 Å². The topological polar surface area (TPSA) is 94.5 Å². The maximum Gasteiger partial charge on any atom is 0.415 e. The van der Waals surface area contributed by atoms with Gasteiger partial charge in [0.25, 0.3) is 0 Å². The minimum Gasteiger partial charge on any atom is -0.493 e. The van der Waals surface area contributed by atoms with Gasteiger partial charge in [0.05, 0.1) is 13.7 Å². The fourth-order valence-electron chi connectivity index (χ4n) is 4.06. The number of aliphatic carboxylic acids is 1. The zero-order valence-corrected chi connectivity index (χ0v) is 22.6. The molecule has 0 fully saturated rings. The summed E-state index contributed by atoms with van der Waals surface area (Å²) in [5.41, 5.74) is 2.10. The third-order valence-corrected chi connectivity index (χ3v) is 6.13. The molecule has 1 unspecified atom stereocenters. The van der Waals surface area contributed by atoms with Crippen molar-refractivity contribution in [1.29, 1.82) is 0 Å². The van der Waals surface area contributed by atoms with E-state index in [0.717, 1.165) is 24.8 Å². The number of carboxylic acids is 1. The van der Waals surface area contributed by atoms with E-state index >= 15 is 0 Å². The first-order valence-electron chi connectivity index (χ1n) is 13.2. The molecule has 0 radical (unpaired) electrons. The molecule has 0 aromatic heterocycles. The number of nitrogens with zero attached hydrogens (tertiary/aromatic N) is 1. The maximum absolute atomic E-state index is 13.1. The van der Waals surface area contributed by atoms with Crippen LogP contribution in [0.25, 0.3) is 0 Å². The van der Waals surface area contributed by atoms with Gasteiger partial charge >= 0.3 is 12.1 Å². The second-order valence-corrected chi connectivity index (χ2v) is 8.93. The zero-order chi connectivity index (χ0) is 27.9. The molecule has 1 amide bonds. The van der Waals surface area contributed by atoms with E-state index in [2.05, 4.69) is 12.1 Å². The van der Waals surface area contributed by atoms with Crippen LogP contribution in [0, 0.1) is 0 Å². The van der Waals surface area contributed by atoms with Crippen molar-refractivity contribution in [1.82, 2.24) is 4.90 Å². The summed E-state index contributed by atoms with van der Waals surface area (Å²) >= 11 is 0. The molecule has 3 aromatic rings. The van der Waals surface area contributed by atoms with Crippen molar-refractivity contribution < 1.29 is 33.6 Å². The average molecular weight is 536 g/mol. The molecule has 8 heteroatoms. The first-order chi connectivity index (χ1) is 19.0. The molecular formula is C31H37NO7. The summed E-state index contributed by atoms with van der Waals surface area (Å²) in [5, 5.41) is 9.29. The molecule has 0 bridgehead atoms. The van der Waals surface area contributed by atoms with Gasteiger partial charge in [-0.1, -0.05) is 54.6 Å². The number of methoxy groups -OCH3 is 1. The van der Waals surface area contributed by atoms with Crippen LogP contribution in [0.5, 0.6) is 17.2 Å². The molecule has 3 rings (SSSR count). The fraction of sp³-hybridized carbons (Fsp3) is 0.355. The number of amides is 1. The number of carbonyl (C=O) groups excluding carboxylic acids is 1. The molecule has 1 atom stereocenters. The first kappa shape index (κ1) is 29.5. The van der Waals surface area contributed by atoms with Crippen LogP contribution in [0.1, 0.15) is 30.9 Å². The number of carbonyl (C=O) groups is 2. The van der Waals surface area contributed by atoms with Crippen molar-refractivity contribution in [2.75, 3.05) is 33.4 Å². The van der Waals surface area contributed by atoms with Gasteiger partial charge in [0, 0.05) is 19.6 Å². The van der Waals surface area contributed by atoms with E-state index in [-0.39, 0.29) is 13.0 Å². The minimum absolute atomic E-state index is 0.273. The van der Waals surface area contributed by atoms with Gasteiger partial charge in [0.2, 0.25) is 0 Å². The van der Waals surface area contributed by atoms with E-state index in [9.17, 15) is 14.7 Å². The van der Waals surface area contributed by atoms with E-state index in [4.69, 9.17) is 18.9 Å². The first-order valence-corrected chi connectivity index (χ1v) is 13.2. The van der Waals surface area contributed by atoms with Gasteiger partial charge in [0.1, 0.15) is 12.4 Å². The number of carboxylic acid groups (broad SMARTS) is 1. The van der Waals surface area contributed by atoms with Crippen LogP contribution in [0.4, 0.5) is 4.79 Å². The summed E-state index contributed by atoms with van der Waals surface area (Å²) < 4.78 is 22.1. The molecule has 3 aromatic carbocycles. The van der Waals surface area contributed by atoms with E-state index in [0.29, 0.717) is 36.9 Å². The zero-order valence-electron chi connectivity index (χ0n) is 22.6. The molecule has 0 spiro atoms. The van der Waals surface area contributed by atoms with Gasteiger partial charge in [-0.3, -0.25) is 0 Å². The van der Waals surface area contributed by atoms with Gasteiger partial charge in [-0.25, -0.2) is 9.59 Å². The van der Waals surface area contributed by atoms with Crippen molar-refractivity contribution in [2.24, 2.45) is 0 Å². The molecule has 1 N–H and O–H groups in total. The van der Waals surface area contributed by atoms with E-state index in [1.54, 1.807) is 42.2 Å². The van der Waals surface area contributed by atoms with Crippen molar-refractivity contribution in [2.45, 2.75) is 38.7 Å². The molecule has 0 aliphatic rings. The van der Waals surface area contributed by atoms with Crippen LogP contribution in [0.3, 0.4) is 0 Å². The van der Waals surface area contributed by atoms with Gasteiger partial charge in [-0.2, -0.15) is 0 Å². The highest BCUT2D eigenvalue weighted by Gasteiger charge is 2.19. The van der Waals surface area contributed by atoms with Gasteiger partial charge < -0.3 is 29.0 Å². The molecule has 208 valence electrons. The Morgan fingerprint density at radius 3 is 2.21 bits per heavy atom. The van der Waals surface area contributed by atoms with Crippen LogP contribution in [0.2, 0.25) is 0 Å². The molecule has 0 aliphatic carbocycles. The predicted octanol–water partition coefficient (Wildman–Crippen LogP) is 5.63. The van der Waals surface area contributed by atoms with Crippen molar-refractivity contribution in [3.05, 3.63) is 90.0 Å². The number of hydrogen-bond donors (Lipinski definition) is 1. The van der Waals surface area contributed by atoms with Gasteiger partial charge in [-0.15, -0.1) is 0 Å². The standard InChI is InChI=1S/C31H37NO7/c1-3-37-29(30(33)34)23-25-16-18-26(19-17-25)38-22-21-32(20-10-9-13-24-11-5-4-6-12-24)31(35)39-28-15-8-7-14-27(28)36-2/h4-8,11-12,14-19,29H,3,9-10,13,20-23H2,1-2H3,(H,33,34). The molecule has 0 aliphatic heterocycles. The SMILES string of the molecule is CCOC(Cc1ccc(OCCN(CCCCc2ccccc2)C(=O)Oc2ccccc2OC)cc1)C(=O)O. The lowest BCUT2D eigenvalue weighted by atomic mass is 10.1. The van der Waals surface area contributed by atoms with Crippen LogP contribution in [0.15, 0.2) is 78.9 Å². The Hall–Kier alpha value is -4.04. The minimum atomic E-state index is -0.985. The monoisotopic (exact) mass is 535 g/mol. The highest BCUT2D eigenvalue weighted by molar-refractivity contribution is 5.73. The second kappa shape index (κ2) is 16.0. The molecule has 0 saturated heterocycles. The largest absolute Gasteiger partial charge is 0.493 e. The van der Waals surface area contributed by atoms with Crippen LogP contribution < -0.4 is 14.2 Å². The van der Waals surface area contributed by atoms with Crippen LogP contribution in [-0.4, -0.2) is 61.6 Å². The summed E-state index contributed by atoms with van der Waals surface area (Å²) in [7, 11) is 1.53. The third-order valence-electron chi connectivity index (χ3n) is 6.13. The highest BCUT2D eigenvalue weighted by Crippen LogP contribution is 2.26. The van der Waals surface area contributed by atoms with E-state index in [1.807, 2.05) is 36.4 Å². The van der Waals surface area contributed by atoms with Gasteiger partial charge in [0.15, 0.2) is 17.6 Å². The van der Waals surface area contributed by atoms with Crippen LogP contribution in [-0.2, 0) is 22.4 Å². The van der Waals surface area contributed by atoms with E-state index < -0.39 is 18.2 Å². The number of benzene rings is 3. The Kier molecular flexibility index (Phi) is 12.1. The van der Waals surface area contributed by atoms with Crippen molar-refractivity contribution >= 4 is 12.1 Å². The molecule has 0 heterocycles. The van der Waals surface area contributed by atoms with Crippen molar-refractivity contribution in [3.63, 3.8) is 0 Å². The number of unbranched alkanes of at least 4 members (excludes halogenated alkanes) is 1. The van der Waals surface area contributed by atoms with Crippen LogP contribution >= 0.6 is 0 Å². The normalized spacial score (nSPS) is 11.4. The number of aryl methyl sites for hydroxylation is 1. The van der Waals surface area contributed by atoms with Crippen molar-refractivity contribution in [3.8, 4) is 17.2 Å². The Morgan fingerprint density at radius 2 is 1.54 bits per heavy atom. The smallest absolute Gasteiger partial charge is 0.415 e. The summed E-state index contributed by atoms with van der Waals surface area (Å²) in [6, 6.07) is 24.5. The Balaban J connectivity index is 1.56. The Morgan fingerprint density at radius 1 is 0.846 bits per heavy atom. The third kappa shape index (κ3) is 9.98. The van der Waals surface area contributed by atoms with Gasteiger partial charge in [-0.05, 0) is 61.6 Å².